The van der Waals surface area contributed by atoms with Crippen molar-refractivity contribution >= 4 is 45.1 Å². The molecule has 0 aliphatic heterocycles. The zero-order valence-electron chi connectivity index (χ0n) is 13.8. The van der Waals surface area contributed by atoms with Crippen LogP contribution in [0, 0.1) is 0 Å². The molecule has 7 heteroatoms. The molecule has 2 rings (SSSR count). The lowest BCUT2D eigenvalue weighted by atomic mass is 9.96. The second kappa shape index (κ2) is 8.99. The number of methoxy groups -OCH3 is 1. The van der Waals surface area contributed by atoms with Gasteiger partial charge in [0.25, 0.3) is 0 Å². The zero-order valence-corrected chi connectivity index (χ0v) is 16.1. The Kier molecular flexibility index (Phi) is 6.99. The number of benzene rings is 2. The van der Waals surface area contributed by atoms with Crippen molar-refractivity contribution in [3.05, 3.63) is 63.1 Å². The number of anilines is 1. The normalized spacial score (nSPS) is 11.7. The van der Waals surface area contributed by atoms with Gasteiger partial charge in [-0.1, -0.05) is 45.7 Å². The van der Waals surface area contributed by atoms with Crippen molar-refractivity contribution in [3.8, 4) is 0 Å². The van der Waals surface area contributed by atoms with Gasteiger partial charge in [0, 0.05) is 22.1 Å². The van der Waals surface area contributed by atoms with Crippen LogP contribution in [0.1, 0.15) is 24.1 Å². The SMILES string of the molecule is COC(=O)CNC(c1ccccc1Cl)c1cc(Br)ccc1NC(C)=O. The van der Waals surface area contributed by atoms with Crippen LogP contribution >= 0.6 is 27.5 Å². The van der Waals surface area contributed by atoms with Gasteiger partial charge in [-0.05, 0) is 35.4 Å². The molecule has 25 heavy (non-hydrogen) atoms. The van der Waals surface area contributed by atoms with Crippen LogP contribution < -0.4 is 10.6 Å². The van der Waals surface area contributed by atoms with Crippen LogP contribution in [-0.4, -0.2) is 25.5 Å². The quantitative estimate of drug-likeness (QED) is 0.689. The van der Waals surface area contributed by atoms with Crippen molar-refractivity contribution in [2.45, 2.75) is 13.0 Å². The third-order valence-corrected chi connectivity index (χ3v) is 4.37. The Hall–Kier alpha value is -1.89. The van der Waals surface area contributed by atoms with Crippen LogP contribution in [0.15, 0.2) is 46.9 Å². The average Bonchev–Trinajstić information content (AvgIpc) is 2.58. The molecule has 2 N–H and O–H groups in total. The highest BCUT2D eigenvalue weighted by Crippen LogP contribution is 2.34. The largest absolute Gasteiger partial charge is 0.468 e. The van der Waals surface area contributed by atoms with E-state index in [1.165, 1.54) is 14.0 Å². The van der Waals surface area contributed by atoms with Crippen molar-refractivity contribution < 1.29 is 14.3 Å². The number of amides is 1. The topological polar surface area (TPSA) is 67.4 Å². The van der Waals surface area contributed by atoms with Gasteiger partial charge >= 0.3 is 5.97 Å². The summed E-state index contributed by atoms with van der Waals surface area (Å²) in [6.07, 6.45) is 0. The Labute approximate surface area is 159 Å². The van der Waals surface area contributed by atoms with Crippen LogP contribution in [0.3, 0.4) is 0 Å². The van der Waals surface area contributed by atoms with E-state index < -0.39 is 12.0 Å². The molecule has 5 nitrogen and oxygen atoms in total. The Morgan fingerprint density at radius 3 is 2.56 bits per heavy atom. The number of hydrogen-bond donors (Lipinski definition) is 2. The molecule has 2 aromatic rings. The van der Waals surface area contributed by atoms with Crippen LogP contribution in [-0.2, 0) is 14.3 Å². The number of halogens is 2. The third-order valence-electron chi connectivity index (χ3n) is 3.53. The lowest BCUT2D eigenvalue weighted by Crippen LogP contribution is -2.30. The number of ether oxygens (including phenoxy) is 1. The molecule has 0 fully saturated rings. The molecule has 0 aliphatic rings. The van der Waals surface area contributed by atoms with Crippen LogP contribution in [0.5, 0.6) is 0 Å². The van der Waals surface area contributed by atoms with Gasteiger partial charge < -0.3 is 10.1 Å². The highest BCUT2D eigenvalue weighted by Gasteiger charge is 2.21. The summed E-state index contributed by atoms with van der Waals surface area (Å²) in [6, 6.07) is 12.4. The molecular weight excluding hydrogens is 408 g/mol. The summed E-state index contributed by atoms with van der Waals surface area (Å²) in [5, 5.41) is 6.52. The molecule has 0 aliphatic carbocycles. The lowest BCUT2D eigenvalue weighted by molar-refractivity contribution is -0.139. The van der Waals surface area contributed by atoms with Crippen LogP contribution in [0.2, 0.25) is 5.02 Å². The fourth-order valence-corrected chi connectivity index (χ4v) is 3.05. The summed E-state index contributed by atoms with van der Waals surface area (Å²) in [5.74, 6) is -0.581. The first kappa shape index (κ1) is 19.4. The lowest BCUT2D eigenvalue weighted by Gasteiger charge is -2.23. The van der Waals surface area contributed by atoms with Crippen molar-refractivity contribution in [2.24, 2.45) is 0 Å². The molecule has 1 unspecified atom stereocenters. The van der Waals surface area contributed by atoms with E-state index in [4.69, 9.17) is 16.3 Å². The Morgan fingerprint density at radius 2 is 1.92 bits per heavy atom. The second-order valence-electron chi connectivity index (χ2n) is 5.32. The van der Waals surface area contributed by atoms with E-state index in [1.807, 2.05) is 30.3 Å². The molecule has 0 aromatic heterocycles. The Balaban J connectivity index is 2.51. The smallest absolute Gasteiger partial charge is 0.319 e. The zero-order chi connectivity index (χ0) is 18.4. The fraction of sp³-hybridized carbons (Fsp3) is 0.222. The monoisotopic (exact) mass is 424 g/mol. The predicted molar refractivity (Wildman–Crippen MR) is 102 cm³/mol. The van der Waals surface area contributed by atoms with E-state index in [2.05, 4.69) is 26.6 Å². The summed E-state index contributed by atoms with van der Waals surface area (Å²) < 4.78 is 5.55. The minimum absolute atomic E-state index is 0.00157. The Morgan fingerprint density at radius 1 is 1.20 bits per heavy atom. The summed E-state index contributed by atoms with van der Waals surface area (Å²) >= 11 is 9.81. The molecule has 2 aromatic carbocycles. The van der Waals surface area contributed by atoms with Gasteiger partial charge in [0.05, 0.1) is 19.7 Å². The molecule has 0 spiro atoms. The summed E-state index contributed by atoms with van der Waals surface area (Å²) in [7, 11) is 1.33. The number of carbonyl (C=O) groups excluding carboxylic acids is 2. The minimum atomic E-state index is -0.410. The summed E-state index contributed by atoms with van der Waals surface area (Å²) in [5.41, 5.74) is 2.21. The van der Waals surface area contributed by atoms with Crippen LogP contribution in [0.25, 0.3) is 0 Å². The first-order valence-corrected chi connectivity index (χ1v) is 8.71. The average molecular weight is 426 g/mol. The van der Waals surface area contributed by atoms with E-state index >= 15 is 0 Å². The van der Waals surface area contributed by atoms with Gasteiger partial charge in [-0.15, -0.1) is 0 Å². The first-order valence-electron chi connectivity index (χ1n) is 7.54. The number of esters is 1. The molecule has 0 bridgehead atoms. The second-order valence-corrected chi connectivity index (χ2v) is 6.65. The maximum atomic E-state index is 11.6. The Bertz CT molecular complexity index is 783. The number of carbonyl (C=O) groups is 2. The molecule has 0 heterocycles. The van der Waals surface area contributed by atoms with E-state index in [9.17, 15) is 9.59 Å². The van der Waals surface area contributed by atoms with Gasteiger partial charge in [0.2, 0.25) is 5.91 Å². The van der Waals surface area contributed by atoms with Crippen molar-refractivity contribution in [3.63, 3.8) is 0 Å². The number of rotatable bonds is 6. The van der Waals surface area contributed by atoms with Crippen molar-refractivity contribution in [1.82, 2.24) is 5.32 Å². The third kappa shape index (κ3) is 5.29. The highest BCUT2D eigenvalue weighted by atomic mass is 79.9. The highest BCUT2D eigenvalue weighted by molar-refractivity contribution is 9.10. The molecule has 1 amide bonds. The van der Waals surface area contributed by atoms with E-state index in [0.29, 0.717) is 10.7 Å². The van der Waals surface area contributed by atoms with Gasteiger partial charge in [-0.25, -0.2) is 0 Å². The maximum absolute atomic E-state index is 11.6. The molecule has 0 saturated heterocycles. The molecular formula is C18H18BrClN2O3. The van der Waals surface area contributed by atoms with Gasteiger partial charge in [-0.3, -0.25) is 14.9 Å². The van der Waals surface area contributed by atoms with E-state index in [-0.39, 0.29) is 12.5 Å². The standard InChI is InChI=1S/C18H18BrClN2O3/c1-11(23)22-16-8-7-12(19)9-14(16)18(21-10-17(24)25-2)13-5-3-4-6-15(13)20/h3-9,18,21H,10H2,1-2H3,(H,22,23). The van der Waals surface area contributed by atoms with Crippen molar-refractivity contribution in [1.29, 1.82) is 0 Å². The van der Waals surface area contributed by atoms with E-state index in [1.54, 1.807) is 12.1 Å². The fourth-order valence-electron chi connectivity index (χ4n) is 2.43. The molecule has 0 radical (unpaired) electrons. The van der Waals surface area contributed by atoms with Crippen LogP contribution in [0.4, 0.5) is 5.69 Å². The molecule has 132 valence electrons. The maximum Gasteiger partial charge on any atom is 0.319 e. The van der Waals surface area contributed by atoms with Gasteiger partial charge in [-0.2, -0.15) is 0 Å². The first-order chi connectivity index (χ1) is 11.9. The van der Waals surface area contributed by atoms with Gasteiger partial charge in [0.15, 0.2) is 0 Å². The molecule has 0 saturated carbocycles. The number of nitrogens with one attached hydrogen (secondary N) is 2. The minimum Gasteiger partial charge on any atom is -0.468 e. The van der Waals surface area contributed by atoms with Crippen molar-refractivity contribution in [2.75, 3.05) is 19.0 Å². The van der Waals surface area contributed by atoms with Gasteiger partial charge in [0.1, 0.15) is 0 Å². The number of hydrogen-bond acceptors (Lipinski definition) is 4. The summed E-state index contributed by atoms with van der Waals surface area (Å²) in [6.45, 7) is 1.44. The predicted octanol–water partition coefficient (Wildman–Crippen LogP) is 3.91. The summed E-state index contributed by atoms with van der Waals surface area (Å²) in [4.78, 5) is 23.1. The molecule has 1 atom stereocenters. The van der Waals surface area contributed by atoms with E-state index in [0.717, 1.165) is 15.6 Å².